The lowest BCUT2D eigenvalue weighted by molar-refractivity contribution is -0.140. The van der Waals surface area contributed by atoms with Crippen molar-refractivity contribution in [3.63, 3.8) is 0 Å². The fourth-order valence-corrected chi connectivity index (χ4v) is 2.86. The van der Waals surface area contributed by atoms with Gasteiger partial charge in [0.15, 0.2) is 5.69 Å². The number of aryl methyl sites for hydroxylation is 2. The molecular weight excluding hydrogens is 350 g/mol. The Kier molecular flexibility index (Phi) is 8.41. The molecule has 1 fully saturated rings. The van der Waals surface area contributed by atoms with Crippen molar-refractivity contribution in [2.75, 3.05) is 39.5 Å². The van der Waals surface area contributed by atoms with E-state index in [1.807, 2.05) is 6.92 Å². The van der Waals surface area contributed by atoms with Gasteiger partial charge in [0.25, 0.3) is 5.91 Å². The number of morpholine rings is 1. The highest BCUT2D eigenvalue weighted by molar-refractivity contribution is 5.93. The molecular formula is C18H29N5O4. The van der Waals surface area contributed by atoms with Crippen molar-refractivity contribution in [1.82, 2.24) is 25.2 Å². The molecule has 27 heavy (non-hydrogen) atoms. The maximum atomic E-state index is 12.5. The van der Waals surface area contributed by atoms with Gasteiger partial charge in [0.1, 0.15) is 0 Å². The van der Waals surface area contributed by atoms with E-state index in [2.05, 4.69) is 22.1 Å². The third-order valence-corrected chi connectivity index (χ3v) is 4.28. The minimum atomic E-state index is -0.289. The van der Waals surface area contributed by atoms with E-state index in [-0.39, 0.29) is 17.9 Å². The van der Waals surface area contributed by atoms with E-state index >= 15 is 0 Å². The van der Waals surface area contributed by atoms with E-state index in [1.54, 1.807) is 17.9 Å². The number of hydrogen-bond donors (Lipinski definition) is 1. The molecule has 0 radical (unpaired) electrons. The molecule has 1 aliphatic rings. The second kappa shape index (κ2) is 10.8. The van der Waals surface area contributed by atoms with Crippen LogP contribution in [0.3, 0.4) is 0 Å². The zero-order chi connectivity index (χ0) is 19.6. The molecule has 1 unspecified atom stereocenters. The van der Waals surface area contributed by atoms with Gasteiger partial charge in [-0.15, -0.1) is 11.7 Å². The second-order valence-corrected chi connectivity index (χ2v) is 6.32. The summed E-state index contributed by atoms with van der Waals surface area (Å²) in [5, 5.41) is 11.2. The minimum Gasteiger partial charge on any atom is -0.377 e. The van der Waals surface area contributed by atoms with Gasteiger partial charge in [0.05, 0.1) is 38.1 Å². The Morgan fingerprint density at radius 2 is 2.26 bits per heavy atom. The van der Waals surface area contributed by atoms with Crippen LogP contribution >= 0.6 is 0 Å². The summed E-state index contributed by atoms with van der Waals surface area (Å²) >= 11 is 0. The molecule has 150 valence electrons. The molecule has 0 aromatic carbocycles. The van der Waals surface area contributed by atoms with Crippen molar-refractivity contribution in [2.24, 2.45) is 0 Å². The number of carbonyl (C=O) groups is 2. The van der Waals surface area contributed by atoms with E-state index in [1.165, 1.54) is 4.80 Å². The number of carbonyl (C=O) groups excluding carboxylic acids is 2. The van der Waals surface area contributed by atoms with Gasteiger partial charge in [-0.1, -0.05) is 6.08 Å². The molecule has 1 atom stereocenters. The third kappa shape index (κ3) is 6.14. The van der Waals surface area contributed by atoms with Crippen LogP contribution in [0, 0.1) is 6.92 Å². The molecule has 1 aliphatic heterocycles. The number of nitrogens with one attached hydrogen (secondary N) is 1. The van der Waals surface area contributed by atoms with Crippen LogP contribution in [0.15, 0.2) is 12.7 Å². The van der Waals surface area contributed by atoms with Gasteiger partial charge in [0, 0.05) is 26.1 Å². The molecule has 2 heterocycles. The fourth-order valence-electron chi connectivity index (χ4n) is 2.86. The first kappa shape index (κ1) is 21.0. The first-order chi connectivity index (χ1) is 13.1. The lowest BCUT2D eigenvalue weighted by Crippen LogP contribution is -2.53. The van der Waals surface area contributed by atoms with Crippen LogP contribution in [0.5, 0.6) is 0 Å². The molecule has 0 bridgehead atoms. The monoisotopic (exact) mass is 379 g/mol. The van der Waals surface area contributed by atoms with Gasteiger partial charge in [-0.05, 0) is 20.3 Å². The van der Waals surface area contributed by atoms with Crippen molar-refractivity contribution >= 4 is 11.8 Å². The summed E-state index contributed by atoms with van der Waals surface area (Å²) in [6.45, 7) is 10.6. The molecule has 0 spiro atoms. The Hall–Kier alpha value is -2.26. The summed E-state index contributed by atoms with van der Waals surface area (Å²) in [5.41, 5.74) is 0.896. The Balaban J connectivity index is 1.85. The number of rotatable bonds is 10. The molecule has 2 rings (SSSR count). The highest BCUT2D eigenvalue weighted by atomic mass is 16.5. The van der Waals surface area contributed by atoms with E-state index in [4.69, 9.17) is 9.47 Å². The zero-order valence-electron chi connectivity index (χ0n) is 16.1. The largest absolute Gasteiger partial charge is 0.377 e. The molecule has 2 amide bonds. The molecule has 0 aliphatic carbocycles. The summed E-state index contributed by atoms with van der Waals surface area (Å²) in [7, 11) is 0. The molecule has 9 nitrogen and oxygen atoms in total. The number of ether oxygens (including phenoxy) is 2. The summed E-state index contributed by atoms with van der Waals surface area (Å²) < 4.78 is 10.8. The van der Waals surface area contributed by atoms with Gasteiger partial charge in [-0.2, -0.15) is 9.90 Å². The first-order valence-corrected chi connectivity index (χ1v) is 9.32. The average molecular weight is 379 g/mol. The Morgan fingerprint density at radius 3 is 2.96 bits per heavy atom. The summed E-state index contributed by atoms with van der Waals surface area (Å²) in [6, 6.07) is -0.189. The number of amides is 2. The number of nitrogens with zero attached hydrogens (tertiary/aromatic N) is 4. The van der Waals surface area contributed by atoms with E-state index in [0.29, 0.717) is 70.3 Å². The van der Waals surface area contributed by atoms with Crippen LogP contribution in [-0.4, -0.2) is 77.3 Å². The summed E-state index contributed by atoms with van der Waals surface area (Å²) in [4.78, 5) is 28.2. The standard InChI is InChI=1S/C18H29N5O4/c1-4-9-26-10-6-7-16(24)22-8-11-27-13-15(22)12-19-18(25)17-14(3)20-23(5-2)21-17/h4,15H,1,5-13H2,2-3H3,(H,19,25). The lowest BCUT2D eigenvalue weighted by Gasteiger charge is -2.35. The quantitative estimate of drug-likeness (QED) is 0.471. The Morgan fingerprint density at radius 1 is 1.44 bits per heavy atom. The van der Waals surface area contributed by atoms with Crippen molar-refractivity contribution < 1.29 is 19.1 Å². The van der Waals surface area contributed by atoms with Crippen molar-refractivity contribution in [3.05, 3.63) is 24.0 Å². The number of aromatic nitrogens is 3. The fraction of sp³-hybridized carbons (Fsp3) is 0.667. The molecule has 1 saturated heterocycles. The van der Waals surface area contributed by atoms with Crippen LogP contribution < -0.4 is 5.32 Å². The minimum absolute atomic E-state index is 0.0489. The zero-order valence-corrected chi connectivity index (χ0v) is 16.1. The van der Waals surface area contributed by atoms with Gasteiger partial charge in [0.2, 0.25) is 5.91 Å². The summed E-state index contributed by atoms with van der Waals surface area (Å²) in [5.74, 6) is -0.240. The predicted molar refractivity (Wildman–Crippen MR) is 99.3 cm³/mol. The topological polar surface area (TPSA) is 98.6 Å². The lowest BCUT2D eigenvalue weighted by atomic mass is 10.2. The van der Waals surface area contributed by atoms with Crippen molar-refractivity contribution in [3.8, 4) is 0 Å². The van der Waals surface area contributed by atoms with Gasteiger partial charge in [-0.3, -0.25) is 9.59 Å². The van der Waals surface area contributed by atoms with Gasteiger partial charge >= 0.3 is 0 Å². The highest BCUT2D eigenvalue weighted by Crippen LogP contribution is 2.10. The van der Waals surface area contributed by atoms with E-state index < -0.39 is 0 Å². The smallest absolute Gasteiger partial charge is 0.273 e. The van der Waals surface area contributed by atoms with Crippen LogP contribution in [0.1, 0.15) is 35.9 Å². The first-order valence-electron chi connectivity index (χ1n) is 9.32. The molecule has 1 N–H and O–H groups in total. The molecule has 1 aromatic rings. The molecule has 1 aromatic heterocycles. The van der Waals surface area contributed by atoms with Gasteiger partial charge < -0.3 is 19.7 Å². The van der Waals surface area contributed by atoms with Crippen LogP contribution in [-0.2, 0) is 20.8 Å². The van der Waals surface area contributed by atoms with Crippen molar-refractivity contribution in [1.29, 1.82) is 0 Å². The normalized spacial score (nSPS) is 17.0. The second-order valence-electron chi connectivity index (χ2n) is 6.32. The maximum Gasteiger partial charge on any atom is 0.273 e. The Labute approximate surface area is 159 Å². The molecule has 0 saturated carbocycles. The van der Waals surface area contributed by atoms with E-state index in [0.717, 1.165) is 0 Å². The maximum absolute atomic E-state index is 12.5. The van der Waals surface area contributed by atoms with Crippen LogP contribution in [0.4, 0.5) is 0 Å². The molecule has 9 heteroatoms. The average Bonchev–Trinajstić information content (AvgIpc) is 3.07. The Bertz CT molecular complexity index is 646. The van der Waals surface area contributed by atoms with Crippen molar-refractivity contribution in [2.45, 2.75) is 39.3 Å². The predicted octanol–water partition coefficient (Wildman–Crippen LogP) is 0.546. The SMILES string of the molecule is C=CCOCCCC(=O)N1CCOCC1CNC(=O)c1nn(CC)nc1C. The summed E-state index contributed by atoms with van der Waals surface area (Å²) in [6.07, 6.45) is 2.75. The third-order valence-electron chi connectivity index (χ3n) is 4.28. The van der Waals surface area contributed by atoms with Gasteiger partial charge in [-0.25, -0.2) is 0 Å². The van der Waals surface area contributed by atoms with E-state index in [9.17, 15) is 9.59 Å². The highest BCUT2D eigenvalue weighted by Gasteiger charge is 2.28. The van der Waals surface area contributed by atoms with Crippen LogP contribution in [0.2, 0.25) is 0 Å². The van der Waals surface area contributed by atoms with Crippen LogP contribution in [0.25, 0.3) is 0 Å². The number of hydrogen-bond acceptors (Lipinski definition) is 6.